The van der Waals surface area contributed by atoms with Crippen LogP contribution in [0, 0.1) is 19.8 Å². The van der Waals surface area contributed by atoms with E-state index in [1.807, 2.05) is 0 Å². The Hall–Kier alpha value is -2.11. The van der Waals surface area contributed by atoms with E-state index in [-0.39, 0.29) is 17.4 Å². The number of amides is 1. The first-order valence-corrected chi connectivity index (χ1v) is 7.86. The molecule has 2 rings (SSSR count). The molecule has 6 heteroatoms. The Labute approximate surface area is 136 Å². The van der Waals surface area contributed by atoms with Crippen LogP contribution in [0.4, 0.5) is 0 Å². The van der Waals surface area contributed by atoms with Crippen LogP contribution in [0.25, 0.3) is 0 Å². The summed E-state index contributed by atoms with van der Waals surface area (Å²) < 4.78 is 4.73. The van der Waals surface area contributed by atoms with Gasteiger partial charge in [0.15, 0.2) is 5.78 Å². The second-order valence-corrected chi connectivity index (χ2v) is 6.27. The second-order valence-electron chi connectivity index (χ2n) is 6.27. The van der Waals surface area contributed by atoms with Crippen molar-refractivity contribution in [1.29, 1.82) is 0 Å². The number of aromatic nitrogens is 1. The Morgan fingerprint density at radius 2 is 1.91 bits per heavy atom. The van der Waals surface area contributed by atoms with Gasteiger partial charge in [-0.15, -0.1) is 0 Å². The summed E-state index contributed by atoms with van der Waals surface area (Å²) in [5.41, 5.74) is 1.95. The van der Waals surface area contributed by atoms with Gasteiger partial charge in [-0.05, 0) is 45.1 Å². The summed E-state index contributed by atoms with van der Waals surface area (Å²) >= 11 is 0. The van der Waals surface area contributed by atoms with Crippen molar-refractivity contribution in [2.45, 2.75) is 46.6 Å². The molecule has 1 aliphatic carbocycles. The third-order valence-corrected chi connectivity index (χ3v) is 4.48. The van der Waals surface area contributed by atoms with Crippen LogP contribution in [0.15, 0.2) is 0 Å². The van der Waals surface area contributed by atoms with Crippen molar-refractivity contribution in [1.82, 2.24) is 9.88 Å². The molecular weight excluding hydrogens is 296 g/mol. The lowest BCUT2D eigenvalue weighted by Gasteiger charge is -2.27. The number of nitrogens with zero attached hydrogens (tertiary/aromatic N) is 1. The summed E-state index contributed by atoms with van der Waals surface area (Å²) in [7, 11) is 1.30. The normalized spacial score (nSPS) is 15.2. The first kappa shape index (κ1) is 17.2. The molecule has 1 heterocycles. The number of Topliss-reactive ketones (excluding diaryl/α,β-unsaturated/α-hetero) is 1. The number of esters is 1. The fraction of sp³-hybridized carbons (Fsp3) is 0.588. The SMILES string of the molecule is COC(=O)c1[nH]c(C)c(C(=O)C(C)N(CC2CC2)C(C)=O)c1C. The molecule has 0 bridgehead atoms. The van der Waals surface area contributed by atoms with Crippen molar-refractivity contribution in [2.24, 2.45) is 5.92 Å². The van der Waals surface area contributed by atoms with Gasteiger partial charge in [-0.2, -0.15) is 0 Å². The highest BCUT2D eigenvalue weighted by atomic mass is 16.5. The van der Waals surface area contributed by atoms with E-state index in [1.54, 1.807) is 25.7 Å². The highest BCUT2D eigenvalue weighted by molar-refractivity contribution is 6.06. The number of aromatic amines is 1. The van der Waals surface area contributed by atoms with Crippen LogP contribution in [0.5, 0.6) is 0 Å². The first-order chi connectivity index (χ1) is 10.8. The molecule has 0 saturated heterocycles. The molecule has 0 radical (unpaired) electrons. The van der Waals surface area contributed by atoms with Crippen LogP contribution in [0.2, 0.25) is 0 Å². The lowest BCUT2D eigenvalue weighted by Crippen LogP contribution is -2.43. The molecular formula is C17H24N2O4. The molecule has 1 atom stereocenters. The Morgan fingerprint density at radius 1 is 1.30 bits per heavy atom. The van der Waals surface area contributed by atoms with E-state index in [0.717, 1.165) is 12.8 Å². The average Bonchev–Trinajstić information content (AvgIpc) is 3.27. The summed E-state index contributed by atoms with van der Waals surface area (Å²) in [5.74, 6) is -0.244. The third kappa shape index (κ3) is 3.46. The molecule has 1 saturated carbocycles. The molecule has 1 N–H and O–H groups in total. The zero-order chi connectivity index (χ0) is 17.3. The lowest BCUT2D eigenvalue weighted by molar-refractivity contribution is -0.130. The van der Waals surface area contributed by atoms with Gasteiger partial charge in [0.2, 0.25) is 5.91 Å². The van der Waals surface area contributed by atoms with Gasteiger partial charge in [-0.1, -0.05) is 0 Å². The van der Waals surface area contributed by atoms with E-state index < -0.39 is 12.0 Å². The molecule has 1 aromatic rings. The molecule has 0 aliphatic heterocycles. The van der Waals surface area contributed by atoms with E-state index in [4.69, 9.17) is 4.74 Å². The van der Waals surface area contributed by atoms with Gasteiger partial charge in [0.1, 0.15) is 5.69 Å². The first-order valence-electron chi connectivity index (χ1n) is 7.86. The van der Waals surface area contributed by atoms with Crippen molar-refractivity contribution in [3.63, 3.8) is 0 Å². The zero-order valence-electron chi connectivity index (χ0n) is 14.4. The standard InChI is InChI=1S/C17H24N2O4/c1-9-14(10(2)18-15(9)17(22)23-5)16(21)11(3)19(12(4)20)8-13-6-7-13/h11,13,18H,6-8H2,1-5H3. The predicted molar refractivity (Wildman–Crippen MR) is 85.5 cm³/mol. The maximum atomic E-state index is 12.9. The number of hydrogen-bond acceptors (Lipinski definition) is 4. The number of methoxy groups -OCH3 is 1. The van der Waals surface area contributed by atoms with Gasteiger partial charge >= 0.3 is 5.97 Å². The third-order valence-electron chi connectivity index (χ3n) is 4.48. The molecule has 23 heavy (non-hydrogen) atoms. The van der Waals surface area contributed by atoms with Crippen molar-refractivity contribution >= 4 is 17.7 Å². The molecule has 1 fully saturated rings. The number of carbonyl (C=O) groups is 3. The van der Waals surface area contributed by atoms with Crippen molar-refractivity contribution in [3.8, 4) is 0 Å². The molecule has 0 aromatic carbocycles. The number of aryl methyl sites for hydroxylation is 1. The summed E-state index contributed by atoms with van der Waals surface area (Å²) in [6.45, 7) is 7.32. The molecule has 1 aliphatic rings. The summed E-state index contributed by atoms with van der Waals surface area (Å²) in [4.78, 5) is 41.1. The summed E-state index contributed by atoms with van der Waals surface area (Å²) in [6.07, 6.45) is 2.22. The van der Waals surface area contributed by atoms with Crippen molar-refractivity contribution in [3.05, 3.63) is 22.5 Å². The number of rotatable bonds is 6. The number of ether oxygens (including phenoxy) is 1. The van der Waals surface area contributed by atoms with Gasteiger partial charge in [0.05, 0.1) is 13.2 Å². The van der Waals surface area contributed by atoms with E-state index in [1.165, 1.54) is 14.0 Å². The minimum atomic E-state index is -0.549. The minimum absolute atomic E-state index is 0.100. The number of nitrogens with one attached hydrogen (secondary N) is 1. The maximum Gasteiger partial charge on any atom is 0.354 e. The van der Waals surface area contributed by atoms with E-state index >= 15 is 0 Å². The number of ketones is 1. The molecule has 1 unspecified atom stereocenters. The molecule has 0 spiro atoms. The van der Waals surface area contributed by atoms with Crippen molar-refractivity contribution < 1.29 is 19.1 Å². The van der Waals surface area contributed by atoms with Gasteiger partial charge in [0.25, 0.3) is 0 Å². The van der Waals surface area contributed by atoms with Gasteiger partial charge in [0, 0.05) is 24.7 Å². The quantitative estimate of drug-likeness (QED) is 0.644. The molecule has 126 valence electrons. The smallest absolute Gasteiger partial charge is 0.354 e. The highest BCUT2D eigenvalue weighted by Crippen LogP contribution is 2.31. The van der Waals surface area contributed by atoms with E-state index in [9.17, 15) is 14.4 Å². The van der Waals surface area contributed by atoms with Gasteiger partial charge in [-0.25, -0.2) is 4.79 Å². The van der Waals surface area contributed by atoms with Crippen LogP contribution in [0.1, 0.15) is 58.8 Å². The van der Waals surface area contributed by atoms with Crippen LogP contribution >= 0.6 is 0 Å². The lowest BCUT2D eigenvalue weighted by atomic mass is 9.99. The van der Waals surface area contributed by atoms with E-state index in [2.05, 4.69) is 4.98 Å². The van der Waals surface area contributed by atoms with Crippen molar-refractivity contribution in [2.75, 3.05) is 13.7 Å². The monoisotopic (exact) mass is 320 g/mol. The Morgan fingerprint density at radius 3 is 2.39 bits per heavy atom. The number of H-pyrrole nitrogens is 1. The average molecular weight is 320 g/mol. The van der Waals surface area contributed by atoms with E-state index in [0.29, 0.717) is 29.3 Å². The van der Waals surface area contributed by atoms with Crippen LogP contribution < -0.4 is 0 Å². The number of hydrogen-bond donors (Lipinski definition) is 1. The summed E-state index contributed by atoms with van der Waals surface area (Å²) in [6, 6.07) is -0.549. The predicted octanol–water partition coefficient (Wildman–Crippen LogP) is 2.25. The van der Waals surface area contributed by atoms with Crippen LogP contribution in [-0.2, 0) is 9.53 Å². The van der Waals surface area contributed by atoms with Gasteiger partial charge < -0.3 is 14.6 Å². The Bertz CT molecular complexity index is 643. The topological polar surface area (TPSA) is 79.5 Å². The second kappa shape index (κ2) is 6.56. The Balaban J connectivity index is 2.29. The fourth-order valence-corrected chi connectivity index (χ4v) is 2.91. The fourth-order valence-electron chi connectivity index (χ4n) is 2.91. The van der Waals surface area contributed by atoms with Crippen LogP contribution in [-0.4, -0.2) is 47.2 Å². The van der Waals surface area contributed by atoms with Gasteiger partial charge in [-0.3, -0.25) is 9.59 Å². The number of carbonyl (C=O) groups excluding carboxylic acids is 3. The maximum absolute atomic E-state index is 12.9. The molecule has 6 nitrogen and oxygen atoms in total. The molecule has 1 amide bonds. The zero-order valence-corrected chi connectivity index (χ0v) is 14.4. The highest BCUT2D eigenvalue weighted by Gasteiger charge is 2.33. The Kier molecular flexibility index (Phi) is 4.92. The van der Waals surface area contributed by atoms with Crippen LogP contribution in [0.3, 0.4) is 0 Å². The minimum Gasteiger partial charge on any atom is -0.464 e. The molecule has 1 aromatic heterocycles. The summed E-state index contributed by atoms with van der Waals surface area (Å²) in [5, 5.41) is 0. The largest absolute Gasteiger partial charge is 0.464 e.